The summed E-state index contributed by atoms with van der Waals surface area (Å²) in [7, 11) is 0. The highest BCUT2D eigenvalue weighted by molar-refractivity contribution is 6.39. The molecule has 32 heavy (non-hydrogen) atoms. The summed E-state index contributed by atoms with van der Waals surface area (Å²) in [5.41, 5.74) is 6.49. The van der Waals surface area contributed by atoms with Crippen LogP contribution < -0.4 is 16.1 Å². The molecule has 0 saturated heterocycles. The normalized spacial score (nSPS) is 10.7. The van der Waals surface area contributed by atoms with E-state index in [9.17, 15) is 14.4 Å². The van der Waals surface area contributed by atoms with Crippen LogP contribution in [-0.2, 0) is 16.1 Å². The van der Waals surface area contributed by atoms with Crippen LogP contribution in [0.3, 0.4) is 0 Å². The van der Waals surface area contributed by atoms with E-state index < -0.39 is 11.8 Å². The van der Waals surface area contributed by atoms with Gasteiger partial charge in [0.2, 0.25) is 0 Å². The molecular weight excluding hydrogens is 408 g/mol. The van der Waals surface area contributed by atoms with Crippen molar-refractivity contribution in [1.29, 1.82) is 0 Å². The van der Waals surface area contributed by atoms with E-state index in [2.05, 4.69) is 21.2 Å². The zero-order valence-electron chi connectivity index (χ0n) is 18.1. The van der Waals surface area contributed by atoms with E-state index in [1.54, 1.807) is 36.4 Å². The average Bonchev–Trinajstić information content (AvgIpc) is 3.22. The summed E-state index contributed by atoms with van der Waals surface area (Å²) < 4.78 is 5.53. The molecule has 0 fully saturated rings. The molecule has 164 valence electrons. The number of aryl methyl sites for hydroxylation is 3. The van der Waals surface area contributed by atoms with Gasteiger partial charge in [-0.1, -0.05) is 24.3 Å². The zero-order chi connectivity index (χ0) is 23.1. The van der Waals surface area contributed by atoms with E-state index in [0.717, 1.165) is 16.7 Å². The topological polar surface area (TPSA) is 113 Å². The fourth-order valence-corrected chi connectivity index (χ4v) is 2.86. The van der Waals surface area contributed by atoms with Crippen LogP contribution in [0, 0.1) is 20.8 Å². The molecule has 8 heteroatoms. The Morgan fingerprint density at radius 2 is 1.69 bits per heavy atom. The van der Waals surface area contributed by atoms with Crippen molar-refractivity contribution < 1.29 is 18.8 Å². The zero-order valence-corrected chi connectivity index (χ0v) is 18.1. The monoisotopic (exact) mass is 432 g/mol. The molecule has 0 bridgehead atoms. The molecule has 0 radical (unpaired) electrons. The quantitative estimate of drug-likeness (QED) is 0.315. The summed E-state index contributed by atoms with van der Waals surface area (Å²) in [6.07, 6.45) is 1.36. The van der Waals surface area contributed by atoms with Gasteiger partial charge in [0.25, 0.3) is 5.91 Å². The van der Waals surface area contributed by atoms with Crippen molar-refractivity contribution in [3.63, 3.8) is 0 Å². The van der Waals surface area contributed by atoms with Crippen LogP contribution in [0.25, 0.3) is 0 Å². The maximum atomic E-state index is 12.1. The molecule has 0 unspecified atom stereocenters. The van der Waals surface area contributed by atoms with Crippen LogP contribution in [0.4, 0.5) is 5.69 Å². The van der Waals surface area contributed by atoms with Crippen molar-refractivity contribution in [2.75, 3.05) is 5.32 Å². The molecule has 3 amide bonds. The number of hydrogen-bond donors (Lipinski definition) is 3. The van der Waals surface area contributed by atoms with E-state index in [1.807, 2.05) is 39.0 Å². The van der Waals surface area contributed by atoms with Gasteiger partial charge in [0, 0.05) is 11.3 Å². The third-order valence-electron chi connectivity index (χ3n) is 4.82. The fraction of sp³-hybridized carbons (Fsp3) is 0.167. The molecule has 0 saturated carbocycles. The maximum Gasteiger partial charge on any atom is 0.313 e. The van der Waals surface area contributed by atoms with Crippen molar-refractivity contribution in [2.24, 2.45) is 5.10 Å². The van der Waals surface area contributed by atoms with Crippen LogP contribution in [-0.4, -0.2) is 23.9 Å². The van der Waals surface area contributed by atoms with Crippen LogP contribution in [0.2, 0.25) is 0 Å². The van der Waals surface area contributed by atoms with E-state index in [4.69, 9.17) is 4.42 Å². The number of rotatable bonds is 6. The van der Waals surface area contributed by atoms with Gasteiger partial charge in [0.15, 0.2) is 0 Å². The van der Waals surface area contributed by atoms with Crippen LogP contribution in [0.5, 0.6) is 0 Å². The lowest BCUT2D eigenvalue weighted by molar-refractivity contribution is -0.136. The van der Waals surface area contributed by atoms with Gasteiger partial charge in [0.1, 0.15) is 11.5 Å². The van der Waals surface area contributed by atoms with E-state index >= 15 is 0 Å². The molecule has 1 aromatic heterocycles. The second-order valence-electron chi connectivity index (χ2n) is 7.25. The smallest absolute Gasteiger partial charge is 0.313 e. The van der Waals surface area contributed by atoms with Crippen molar-refractivity contribution in [2.45, 2.75) is 27.3 Å². The second kappa shape index (κ2) is 10.2. The number of carbonyl (C=O) groups is 3. The molecule has 8 nitrogen and oxygen atoms in total. The number of hydrazone groups is 1. The summed E-state index contributed by atoms with van der Waals surface area (Å²) in [4.78, 5) is 36.2. The molecule has 0 aliphatic carbocycles. The predicted molar refractivity (Wildman–Crippen MR) is 121 cm³/mol. The number of nitrogens with one attached hydrogen (secondary N) is 3. The molecular formula is C24H24N4O4. The summed E-state index contributed by atoms with van der Waals surface area (Å²) in [5.74, 6) is -1.04. The molecule has 3 rings (SSSR count). The van der Waals surface area contributed by atoms with Crippen molar-refractivity contribution in [3.05, 3.63) is 88.4 Å². The number of furan rings is 1. The number of amides is 3. The third kappa shape index (κ3) is 5.91. The van der Waals surface area contributed by atoms with Gasteiger partial charge in [-0.3, -0.25) is 14.4 Å². The molecule has 1 heterocycles. The summed E-state index contributed by atoms with van der Waals surface area (Å²) in [6.45, 7) is 5.77. The minimum Gasteiger partial charge on any atom is -0.458 e. The molecule has 3 N–H and O–H groups in total. The van der Waals surface area contributed by atoms with Crippen molar-refractivity contribution >= 4 is 29.6 Å². The third-order valence-corrected chi connectivity index (χ3v) is 4.82. The van der Waals surface area contributed by atoms with Gasteiger partial charge in [-0.05, 0) is 67.8 Å². The first-order valence-corrected chi connectivity index (χ1v) is 9.97. The van der Waals surface area contributed by atoms with Crippen molar-refractivity contribution in [3.8, 4) is 0 Å². The number of nitrogens with zero attached hydrogens (tertiary/aromatic N) is 1. The van der Waals surface area contributed by atoms with Gasteiger partial charge >= 0.3 is 11.8 Å². The van der Waals surface area contributed by atoms with E-state index in [1.165, 1.54) is 6.21 Å². The maximum absolute atomic E-state index is 12.1. The average molecular weight is 432 g/mol. The molecule has 0 aliphatic rings. The minimum absolute atomic E-state index is 0.0303. The van der Waals surface area contributed by atoms with Crippen LogP contribution in [0.15, 0.2) is 64.1 Å². The lowest BCUT2D eigenvalue weighted by Gasteiger charge is -2.07. The molecule has 0 aliphatic heterocycles. The Labute approximate surface area is 185 Å². The number of benzene rings is 2. The Bertz CT molecular complexity index is 1180. The van der Waals surface area contributed by atoms with Gasteiger partial charge in [0.05, 0.1) is 12.8 Å². The highest BCUT2D eigenvalue weighted by Crippen LogP contribution is 2.14. The Hall–Kier alpha value is -4.20. The van der Waals surface area contributed by atoms with E-state index in [0.29, 0.717) is 22.8 Å². The molecule has 3 aromatic rings. The lowest BCUT2D eigenvalue weighted by Crippen LogP contribution is -2.34. The Morgan fingerprint density at radius 3 is 2.44 bits per heavy atom. The van der Waals surface area contributed by atoms with E-state index in [-0.39, 0.29) is 12.5 Å². The fourth-order valence-electron chi connectivity index (χ4n) is 2.86. The Morgan fingerprint density at radius 1 is 0.906 bits per heavy atom. The van der Waals surface area contributed by atoms with Gasteiger partial charge < -0.3 is 15.1 Å². The number of carbonyl (C=O) groups excluding carboxylic acids is 3. The predicted octanol–water partition coefficient (Wildman–Crippen LogP) is 3.22. The first-order chi connectivity index (χ1) is 15.3. The summed E-state index contributed by atoms with van der Waals surface area (Å²) in [6, 6.07) is 15.9. The molecule has 0 spiro atoms. The summed E-state index contributed by atoms with van der Waals surface area (Å²) in [5, 5.41) is 8.95. The molecule has 0 atom stereocenters. The standard InChI is InChI=1S/C24H24N4O4/c1-15-8-9-18(12-17(15)3)27-24(31)23(30)25-13-19-10-11-20(32-19)14-26-28-22(29)21-7-5-4-6-16(21)2/h4-12,14H,13H2,1-3H3,(H,25,30)(H,27,31)(H,28,29)/b26-14-. The SMILES string of the molecule is Cc1ccc(NC(=O)C(=O)NCc2ccc(/C=N\NC(=O)c3ccccc3C)o2)cc1C. The summed E-state index contributed by atoms with van der Waals surface area (Å²) >= 11 is 0. The first kappa shape index (κ1) is 22.5. The first-order valence-electron chi connectivity index (χ1n) is 9.97. The largest absolute Gasteiger partial charge is 0.458 e. The van der Waals surface area contributed by atoms with Gasteiger partial charge in [-0.25, -0.2) is 5.43 Å². The van der Waals surface area contributed by atoms with Gasteiger partial charge in [-0.2, -0.15) is 5.10 Å². The minimum atomic E-state index is -0.777. The highest BCUT2D eigenvalue weighted by atomic mass is 16.3. The highest BCUT2D eigenvalue weighted by Gasteiger charge is 2.14. The van der Waals surface area contributed by atoms with Crippen LogP contribution >= 0.6 is 0 Å². The Kier molecular flexibility index (Phi) is 7.17. The number of anilines is 1. The number of hydrogen-bond acceptors (Lipinski definition) is 5. The second-order valence-corrected chi connectivity index (χ2v) is 7.25. The van der Waals surface area contributed by atoms with Gasteiger partial charge in [-0.15, -0.1) is 0 Å². The lowest BCUT2D eigenvalue weighted by atomic mass is 10.1. The Balaban J connectivity index is 1.48. The molecule has 2 aromatic carbocycles. The van der Waals surface area contributed by atoms with Crippen LogP contribution in [0.1, 0.15) is 38.6 Å². The van der Waals surface area contributed by atoms with Crippen molar-refractivity contribution in [1.82, 2.24) is 10.7 Å².